The number of para-hydroxylation sites is 1. The molecule has 0 saturated heterocycles. The van der Waals surface area contributed by atoms with E-state index in [1.807, 2.05) is 0 Å². The highest BCUT2D eigenvalue weighted by molar-refractivity contribution is 6.04. The average Bonchev–Trinajstić information content (AvgIpc) is 2.64. The standard InChI is InChI=1S/C18H14FN3O2/c1-24-17-11-10-15(21-22-17)12-6-8-13(9-7-12)18(23)20-16-5-3-2-4-14(16)19/h2-11H,1H3,(H,20,23). The van der Waals surface area contributed by atoms with Crippen LogP contribution in [-0.2, 0) is 0 Å². The van der Waals surface area contributed by atoms with Crippen molar-refractivity contribution in [2.45, 2.75) is 0 Å². The number of carbonyl (C=O) groups excluding carboxylic acids is 1. The highest BCUT2D eigenvalue weighted by atomic mass is 19.1. The number of anilines is 1. The number of nitrogens with one attached hydrogen (secondary N) is 1. The molecule has 0 spiro atoms. The molecule has 0 saturated carbocycles. The molecule has 0 unspecified atom stereocenters. The largest absolute Gasteiger partial charge is 0.480 e. The van der Waals surface area contributed by atoms with E-state index >= 15 is 0 Å². The summed E-state index contributed by atoms with van der Waals surface area (Å²) in [6.07, 6.45) is 0. The van der Waals surface area contributed by atoms with Gasteiger partial charge in [-0.25, -0.2) is 4.39 Å². The molecule has 3 aromatic rings. The van der Waals surface area contributed by atoms with E-state index in [1.54, 1.807) is 48.5 Å². The van der Waals surface area contributed by atoms with Crippen molar-refractivity contribution in [3.05, 3.63) is 72.0 Å². The maximum Gasteiger partial charge on any atom is 0.255 e. The molecule has 0 aliphatic rings. The van der Waals surface area contributed by atoms with Gasteiger partial charge in [-0.2, -0.15) is 0 Å². The van der Waals surface area contributed by atoms with Gasteiger partial charge in [-0.05, 0) is 30.3 Å². The summed E-state index contributed by atoms with van der Waals surface area (Å²) in [5.74, 6) is -0.428. The molecule has 1 amide bonds. The third kappa shape index (κ3) is 3.38. The summed E-state index contributed by atoms with van der Waals surface area (Å²) in [5.41, 5.74) is 2.04. The van der Waals surface area contributed by atoms with Gasteiger partial charge in [0.2, 0.25) is 5.88 Å². The third-order valence-electron chi connectivity index (χ3n) is 3.41. The normalized spacial score (nSPS) is 10.2. The Bertz CT molecular complexity index is 849. The lowest BCUT2D eigenvalue weighted by Gasteiger charge is -2.07. The summed E-state index contributed by atoms with van der Waals surface area (Å²) in [6, 6.07) is 16.3. The van der Waals surface area contributed by atoms with Crippen LogP contribution in [0.15, 0.2) is 60.7 Å². The molecule has 1 heterocycles. The smallest absolute Gasteiger partial charge is 0.255 e. The van der Waals surface area contributed by atoms with E-state index < -0.39 is 5.82 Å². The number of ether oxygens (including phenoxy) is 1. The van der Waals surface area contributed by atoms with Gasteiger partial charge in [0.25, 0.3) is 5.91 Å². The number of amides is 1. The number of carbonyl (C=O) groups is 1. The van der Waals surface area contributed by atoms with Gasteiger partial charge in [0, 0.05) is 17.2 Å². The number of halogens is 1. The molecule has 1 aromatic heterocycles. The number of hydrogen-bond donors (Lipinski definition) is 1. The molecule has 0 aliphatic heterocycles. The molecule has 0 radical (unpaired) electrons. The Morgan fingerprint density at radius 1 is 1.00 bits per heavy atom. The predicted molar refractivity (Wildman–Crippen MR) is 88.4 cm³/mol. The van der Waals surface area contributed by atoms with Crippen LogP contribution in [0.4, 0.5) is 10.1 Å². The van der Waals surface area contributed by atoms with Crippen LogP contribution in [0.2, 0.25) is 0 Å². The topological polar surface area (TPSA) is 64.1 Å². The SMILES string of the molecule is COc1ccc(-c2ccc(C(=O)Nc3ccccc3F)cc2)nn1. The van der Waals surface area contributed by atoms with Gasteiger partial charge in [0.1, 0.15) is 5.82 Å². The molecule has 5 nitrogen and oxygen atoms in total. The maximum atomic E-state index is 13.6. The summed E-state index contributed by atoms with van der Waals surface area (Å²) < 4.78 is 18.5. The van der Waals surface area contributed by atoms with Crippen molar-refractivity contribution < 1.29 is 13.9 Å². The molecular weight excluding hydrogens is 309 g/mol. The predicted octanol–water partition coefficient (Wildman–Crippen LogP) is 3.54. The Hall–Kier alpha value is -3.28. The molecule has 6 heteroatoms. The lowest BCUT2D eigenvalue weighted by molar-refractivity contribution is 0.102. The second-order valence-corrected chi connectivity index (χ2v) is 4.97. The zero-order valence-corrected chi connectivity index (χ0v) is 12.9. The van der Waals surface area contributed by atoms with Crippen LogP contribution in [0.3, 0.4) is 0 Å². The van der Waals surface area contributed by atoms with Gasteiger partial charge in [-0.15, -0.1) is 10.2 Å². The average molecular weight is 323 g/mol. The quantitative estimate of drug-likeness (QED) is 0.797. The molecule has 120 valence electrons. The molecule has 0 aliphatic carbocycles. The Morgan fingerprint density at radius 2 is 1.75 bits per heavy atom. The fraction of sp³-hybridized carbons (Fsp3) is 0.0556. The maximum absolute atomic E-state index is 13.6. The van der Waals surface area contributed by atoms with Crippen LogP contribution in [-0.4, -0.2) is 23.2 Å². The Morgan fingerprint density at radius 3 is 2.38 bits per heavy atom. The number of hydrogen-bond acceptors (Lipinski definition) is 4. The molecular formula is C18H14FN3O2. The summed E-state index contributed by atoms with van der Waals surface area (Å²) in [6.45, 7) is 0. The molecule has 24 heavy (non-hydrogen) atoms. The van der Waals surface area contributed by atoms with Gasteiger partial charge in [0.15, 0.2) is 0 Å². The van der Waals surface area contributed by atoms with E-state index in [4.69, 9.17) is 4.74 Å². The van der Waals surface area contributed by atoms with Crippen molar-refractivity contribution in [2.75, 3.05) is 12.4 Å². The van der Waals surface area contributed by atoms with Crippen LogP contribution in [0, 0.1) is 5.82 Å². The summed E-state index contributed by atoms with van der Waals surface area (Å²) in [7, 11) is 1.52. The molecule has 3 rings (SSSR count). The minimum Gasteiger partial charge on any atom is -0.480 e. The summed E-state index contributed by atoms with van der Waals surface area (Å²) >= 11 is 0. The second-order valence-electron chi connectivity index (χ2n) is 4.97. The number of benzene rings is 2. The zero-order chi connectivity index (χ0) is 16.9. The first-order chi connectivity index (χ1) is 11.7. The molecule has 0 fully saturated rings. The fourth-order valence-electron chi connectivity index (χ4n) is 2.13. The van der Waals surface area contributed by atoms with Gasteiger partial charge in [0.05, 0.1) is 18.5 Å². The summed E-state index contributed by atoms with van der Waals surface area (Å²) in [5, 5.41) is 10.5. The van der Waals surface area contributed by atoms with Gasteiger partial charge < -0.3 is 10.1 Å². The third-order valence-corrected chi connectivity index (χ3v) is 3.41. The van der Waals surface area contributed by atoms with Crippen molar-refractivity contribution in [2.24, 2.45) is 0 Å². The van der Waals surface area contributed by atoms with E-state index in [9.17, 15) is 9.18 Å². The monoisotopic (exact) mass is 323 g/mol. The van der Waals surface area contributed by atoms with Crippen molar-refractivity contribution in [3.63, 3.8) is 0 Å². The van der Waals surface area contributed by atoms with Crippen molar-refractivity contribution in [3.8, 4) is 17.1 Å². The number of methoxy groups -OCH3 is 1. The van der Waals surface area contributed by atoms with Crippen LogP contribution in [0.1, 0.15) is 10.4 Å². The number of aromatic nitrogens is 2. The van der Waals surface area contributed by atoms with Crippen LogP contribution in [0.25, 0.3) is 11.3 Å². The first-order valence-corrected chi connectivity index (χ1v) is 7.21. The van der Waals surface area contributed by atoms with E-state index in [0.717, 1.165) is 5.56 Å². The molecule has 1 N–H and O–H groups in total. The molecule has 0 atom stereocenters. The Balaban J connectivity index is 1.76. The second kappa shape index (κ2) is 6.87. The van der Waals surface area contributed by atoms with Crippen LogP contribution < -0.4 is 10.1 Å². The number of rotatable bonds is 4. The lowest BCUT2D eigenvalue weighted by atomic mass is 10.1. The van der Waals surface area contributed by atoms with E-state index in [1.165, 1.54) is 19.2 Å². The first kappa shape index (κ1) is 15.6. The minimum atomic E-state index is -0.476. The van der Waals surface area contributed by atoms with Crippen LogP contribution in [0.5, 0.6) is 5.88 Å². The van der Waals surface area contributed by atoms with Gasteiger partial charge >= 0.3 is 0 Å². The zero-order valence-electron chi connectivity index (χ0n) is 12.9. The van der Waals surface area contributed by atoms with E-state index in [-0.39, 0.29) is 11.6 Å². The van der Waals surface area contributed by atoms with Crippen molar-refractivity contribution in [1.29, 1.82) is 0 Å². The van der Waals surface area contributed by atoms with Gasteiger partial charge in [-0.3, -0.25) is 4.79 Å². The lowest BCUT2D eigenvalue weighted by Crippen LogP contribution is -2.12. The highest BCUT2D eigenvalue weighted by Crippen LogP contribution is 2.19. The highest BCUT2D eigenvalue weighted by Gasteiger charge is 2.09. The number of nitrogens with zero attached hydrogens (tertiary/aromatic N) is 2. The molecule has 0 bridgehead atoms. The van der Waals surface area contributed by atoms with Crippen molar-refractivity contribution in [1.82, 2.24) is 10.2 Å². The van der Waals surface area contributed by atoms with Crippen LogP contribution >= 0.6 is 0 Å². The first-order valence-electron chi connectivity index (χ1n) is 7.21. The van der Waals surface area contributed by atoms with Gasteiger partial charge in [-0.1, -0.05) is 24.3 Å². The van der Waals surface area contributed by atoms with E-state index in [2.05, 4.69) is 15.5 Å². The minimum absolute atomic E-state index is 0.146. The van der Waals surface area contributed by atoms with Crippen molar-refractivity contribution >= 4 is 11.6 Å². The Labute approximate surface area is 138 Å². The Kier molecular flexibility index (Phi) is 4.47. The fourth-order valence-corrected chi connectivity index (χ4v) is 2.13. The molecule has 2 aromatic carbocycles. The van der Waals surface area contributed by atoms with E-state index in [0.29, 0.717) is 17.1 Å². The summed E-state index contributed by atoms with van der Waals surface area (Å²) in [4.78, 5) is 12.2.